The van der Waals surface area contributed by atoms with Gasteiger partial charge in [0.2, 0.25) is 5.88 Å². The third kappa shape index (κ3) is 3.26. The number of rotatable bonds is 4. The lowest BCUT2D eigenvalue weighted by Gasteiger charge is -2.14. The van der Waals surface area contributed by atoms with E-state index in [2.05, 4.69) is 52.2 Å². The van der Waals surface area contributed by atoms with E-state index in [1.54, 1.807) is 13.3 Å². The summed E-state index contributed by atoms with van der Waals surface area (Å²) in [6.07, 6.45) is 1.73. The van der Waals surface area contributed by atoms with Crippen LogP contribution in [0.15, 0.2) is 34.9 Å². The van der Waals surface area contributed by atoms with Crippen molar-refractivity contribution in [2.75, 3.05) is 12.4 Å². The molecule has 0 aliphatic carbocycles. The molecule has 0 fully saturated rings. The summed E-state index contributed by atoms with van der Waals surface area (Å²) in [4.78, 5) is 4.20. The summed E-state index contributed by atoms with van der Waals surface area (Å²) in [5.41, 5.74) is 4.64. The summed E-state index contributed by atoms with van der Waals surface area (Å²) >= 11 is 3.51. The van der Waals surface area contributed by atoms with Crippen LogP contribution >= 0.6 is 15.9 Å². The number of anilines is 1. The van der Waals surface area contributed by atoms with Gasteiger partial charge in [-0.2, -0.15) is 0 Å². The van der Waals surface area contributed by atoms with Crippen LogP contribution in [0.1, 0.15) is 16.7 Å². The second kappa shape index (κ2) is 6.06. The molecular weight excluding hydrogens is 304 g/mol. The lowest BCUT2D eigenvalue weighted by atomic mass is 10.1. The van der Waals surface area contributed by atoms with E-state index in [1.807, 2.05) is 12.1 Å². The molecule has 1 N–H and O–H groups in total. The fraction of sp³-hybridized carbons (Fsp3) is 0.267. The minimum absolute atomic E-state index is 0.669. The molecule has 0 bridgehead atoms. The zero-order valence-electron chi connectivity index (χ0n) is 11.3. The van der Waals surface area contributed by atoms with Crippen molar-refractivity contribution in [1.29, 1.82) is 0 Å². The normalized spacial score (nSPS) is 10.3. The molecule has 0 saturated heterocycles. The average Bonchev–Trinajstić information content (AvgIpc) is 2.38. The van der Waals surface area contributed by atoms with Crippen molar-refractivity contribution in [3.8, 4) is 5.88 Å². The van der Waals surface area contributed by atoms with E-state index in [4.69, 9.17) is 4.74 Å². The van der Waals surface area contributed by atoms with Crippen molar-refractivity contribution in [3.63, 3.8) is 0 Å². The van der Waals surface area contributed by atoms with Crippen LogP contribution in [-0.4, -0.2) is 12.1 Å². The first kappa shape index (κ1) is 13.9. The van der Waals surface area contributed by atoms with Gasteiger partial charge in [0.25, 0.3) is 0 Å². The molecule has 3 nitrogen and oxygen atoms in total. The van der Waals surface area contributed by atoms with Gasteiger partial charge in [0.1, 0.15) is 0 Å². The lowest BCUT2D eigenvalue weighted by molar-refractivity contribution is 0.393. The molecule has 0 aliphatic heterocycles. The molecule has 0 amide bonds. The zero-order chi connectivity index (χ0) is 13.8. The van der Waals surface area contributed by atoms with Crippen LogP contribution in [-0.2, 0) is 6.54 Å². The Morgan fingerprint density at radius 3 is 2.58 bits per heavy atom. The van der Waals surface area contributed by atoms with Crippen molar-refractivity contribution in [1.82, 2.24) is 4.98 Å². The summed E-state index contributed by atoms with van der Waals surface area (Å²) in [5, 5.41) is 3.46. The number of hydrogen-bond acceptors (Lipinski definition) is 3. The fourth-order valence-electron chi connectivity index (χ4n) is 2.12. The number of ether oxygens (including phenoxy) is 1. The van der Waals surface area contributed by atoms with Crippen molar-refractivity contribution >= 4 is 21.6 Å². The van der Waals surface area contributed by atoms with Crippen LogP contribution in [0.2, 0.25) is 0 Å². The van der Waals surface area contributed by atoms with E-state index in [0.29, 0.717) is 12.4 Å². The largest absolute Gasteiger partial charge is 0.481 e. The van der Waals surface area contributed by atoms with Gasteiger partial charge in [-0.25, -0.2) is 4.98 Å². The molecular formula is C15H17BrN2O. The van der Waals surface area contributed by atoms with E-state index >= 15 is 0 Å². The Morgan fingerprint density at radius 1 is 1.26 bits per heavy atom. The Hall–Kier alpha value is -1.55. The van der Waals surface area contributed by atoms with E-state index in [-0.39, 0.29) is 0 Å². The average molecular weight is 321 g/mol. The highest BCUT2D eigenvalue weighted by Gasteiger charge is 2.07. The summed E-state index contributed by atoms with van der Waals surface area (Å²) < 4.78 is 6.36. The van der Waals surface area contributed by atoms with Gasteiger partial charge in [-0.05, 0) is 43.2 Å². The highest BCUT2D eigenvalue weighted by Crippen LogP contribution is 2.26. The summed E-state index contributed by atoms with van der Waals surface area (Å²) in [7, 11) is 1.64. The van der Waals surface area contributed by atoms with Crippen molar-refractivity contribution < 1.29 is 4.74 Å². The molecule has 1 heterocycles. The van der Waals surface area contributed by atoms with Crippen LogP contribution in [0.3, 0.4) is 0 Å². The number of halogens is 1. The molecule has 19 heavy (non-hydrogen) atoms. The Labute approximate surface area is 122 Å². The van der Waals surface area contributed by atoms with Gasteiger partial charge in [0.05, 0.1) is 7.11 Å². The number of aromatic nitrogens is 1. The Kier molecular flexibility index (Phi) is 4.43. The Bertz CT molecular complexity index is 561. The van der Waals surface area contributed by atoms with E-state index in [1.165, 1.54) is 11.1 Å². The van der Waals surface area contributed by atoms with Gasteiger partial charge in [0.15, 0.2) is 0 Å². The molecule has 0 unspecified atom stereocenters. The number of methoxy groups -OCH3 is 1. The van der Waals surface area contributed by atoms with Crippen LogP contribution in [0.4, 0.5) is 5.69 Å². The SMILES string of the molecule is COc1ncccc1CNc1c(C)cc(Br)cc1C. The maximum atomic E-state index is 5.25. The number of nitrogens with zero attached hydrogens (tertiary/aromatic N) is 1. The first-order chi connectivity index (χ1) is 9.11. The summed E-state index contributed by atoms with van der Waals surface area (Å²) in [6.45, 7) is 4.89. The maximum absolute atomic E-state index is 5.25. The molecule has 100 valence electrons. The summed E-state index contributed by atoms with van der Waals surface area (Å²) in [5.74, 6) is 0.669. The van der Waals surface area contributed by atoms with Crippen LogP contribution in [0.5, 0.6) is 5.88 Å². The monoisotopic (exact) mass is 320 g/mol. The van der Waals surface area contributed by atoms with Gasteiger partial charge in [0, 0.05) is 28.5 Å². The molecule has 0 saturated carbocycles. The van der Waals surface area contributed by atoms with Gasteiger partial charge in [-0.15, -0.1) is 0 Å². The fourth-order valence-corrected chi connectivity index (χ4v) is 2.80. The predicted octanol–water partition coefficient (Wildman–Crippen LogP) is 4.08. The molecule has 0 atom stereocenters. The van der Waals surface area contributed by atoms with E-state index in [0.717, 1.165) is 15.7 Å². The second-order valence-electron chi connectivity index (χ2n) is 4.44. The van der Waals surface area contributed by atoms with Gasteiger partial charge in [-0.1, -0.05) is 22.0 Å². The third-order valence-corrected chi connectivity index (χ3v) is 3.45. The first-order valence-corrected chi connectivity index (χ1v) is 6.89. The van der Waals surface area contributed by atoms with Crippen molar-refractivity contribution in [2.24, 2.45) is 0 Å². The molecule has 1 aromatic carbocycles. The minimum atomic E-state index is 0.669. The van der Waals surface area contributed by atoms with Crippen molar-refractivity contribution in [2.45, 2.75) is 20.4 Å². The summed E-state index contributed by atoms with van der Waals surface area (Å²) in [6, 6.07) is 8.15. The van der Waals surface area contributed by atoms with E-state index < -0.39 is 0 Å². The smallest absolute Gasteiger partial charge is 0.218 e. The topological polar surface area (TPSA) is 34.1 Å². The van der Waals surface area contributed by atoms with Crippen LogP contribution < -0.4 is 10.1 Å². The van der Waals surface area contributed by atoms with Crippen LogP contribution in [0.25, 0.3) is 0 Å². The van der Waals surface area contributed by atoms with Gasteiger partial charge in [-0.3, -0.25) is 0 Å². The highest BCUT2D eigenvalue weighted by molar-refractivity contribution is 9.10. The molecule has 2 rings (SSSR count). The Balaban J connectivity index is 2.19. The van der Waals surface area contributed by atoms with Gasteiger partial charge < -0.3 is 10.1 Å². The molecule has 2 aromatic rings. The molecule has 0 aliphatic rings. The van der Waals surface area contributed by atoms with Crippen molar-refractivity contribution in [3.05, 3.63) is 51.6 Å². The van der Waals surface area contributed by atoms with Gasteiger partial charge >= 0.3 is 0 Å². The predicted molar refractivity (Wildman–Crippen MR) is 81.7 cm³/mol. The molecule has 0 radical (unpaired) electrons. The third-order valence-electron chi connectivity index (χ3n) is 3.00. The molecule has 0 spiro atoms. The second-order valence-corrected chi connectivity index (χ2v) is 5.36. The minimum Gasteiger partial charge on any atom is -0.481 e. The lowest BCUT2D eigenvalue weighted by Crippen LogP contribution is -2.05. The Morgan fingerprint density at radius 2 is 1.95 bits per heavy atom. The first-order valence-electron chi connectivity index (χ1n) is 6.10. The quantitative estimate of drug-likeness (QED) is 0.921. The van der Waals surface area contributed by atoms with E-state index in [9.17, 15) is 0 Å². The standard InChI is InChI=1S/C15H17BrN2O/c1-10-7-13(16)8-11(2)14(10)18-9-12-5-4-6-17-15(12)19-3/h4-8,18H,9H2,1-3H3. The number of nitrogens with one attached hydrogen (secondary N) is 1. The maximum Gasteiger partial charge on any atom is 0.218 e. The number of pyridine rings is 1. The molecule has 1 aromatic heterocycles. The number of hydrogen-bond donors (Lipinski definition) is 1. The zero-order valence-corrected chi connectivity index (χ0v) is 12.9. The highest BCUT2D eigenvalue weighted by atomic mass is 79.9. The van der Waals surface area contributed by atoms with Crippen LogP contribution in [0, 0.1) is 13.8 Å². The number of aryl methyl sites for hydroxylation is 2. The molecule has 4 heteroatoms. The number of benzene rings is 1.